The maximum Gasteiger partial charge on any atom is 0.274 e. The normalized spacial score (nSPS) is 26.2. The number of amides is 3. The van der Waals surface area contributed by atoms with Crippen LogP contribution in [0.15, 0.2) is 24.4 Å². The van der Waals surface area contributed by atoms with Crippen LogP contribution in [-0.4, -0.2) is 60.2 Å². The summed E-state index contributed by atoms with van der Waals surface area (Å²) in [6.07, 6.45) is 5.45. The number of hydrogen-bond acceptors (Lipinski definition) is 4. The Morgan fingerprint density at radius 2 is 1.65 bits per heavy atom. The second-order valence-corrected chi connectivity index (χ2v) is 7.38. The maximum atomic E-state index is 12.6. The number of imide groups is 1. The van der Waals surface area contributed by atoms with Gasteiger partial charge in [0.1, 0.15) is 19.6 Å². The van der Waals surface area contributed by atoms with Gasteiger partial charge in [0.2, 0.25) is 17.7 Å². The van der Waals surface area contributed by atoms with Crippen molar-refractivity contribution in [1.82, 2.24) is 9.80 Å². The number of aromatic amines is 1. The third kappa shape index (κ3) is 3.06. The number of carbonyl (C=O) groups excluding carboxylic acids is 3. The van der Waals surface area contributed by atoms with E-state index in [1.165, 1.54) is 4.90 Å². The second-order valence-electron chi connectivity index (χ2n) is 7.38. The first-order chi connectivity index (χ1) is 12.6. The Kier molecular flexibility index (Phi) is 4.61. The molecule has 1 saturated carbocycles. The van der Waals surface area contributed by atoms with E-state index in [4.69, 9.17) is 0 Å². The number of nitrogens with one attached hydrogen (secondary N) is 1. The van der Waals surface area contributed by atoms with Gasteiger partial charge in [-0.05, 0) is 18.9 Å². The first-order valence-corrected chi connectivity index (χ1v) is 9.50. The zero-order valence-corrected chi connectivity index (χ0v) is 14.9. The minimum atomic E-state index is -0.186. The molecule has 1 aromatic heterocycles. The number of carbonyl (C=O) groups is 3. The number of likely N-dealkylation sites (tertiary alicyclic amines) is 1. The largest absolute Gasteiger partial charge is 0.333 e. The lowest BCUT2D eigenvalue weighted by molar-refractivity contribution is -0.364. The molecule has 0 spiro atoms. The molecule has 0 unspecified atom stereocenters. The zero-order valence-electron chi connectivity index (χ0n) is 14.9. The molecular weight excluding hydrogens is 332 g/mol. The predicted octanol–water partition coefficient (Wildman–Crippen LogP) is 0.325. The molecule has 0 bridgehead atoms. The summed E-state index contributed by atoms with van der Waals surface area (Å²) in [5, 5.41) is 0. The molecule has 3 heterocycles. The molecule has 3 fully saturated rings. The summed E-state index contributed by atoms with van der Waals surface area (Å²) in [5.74, 6) is 0.274. The highest BCUT2D eigenvalue weighted by Gasteiger charge is 2.48. The molecule has 0 aromatic carbocycles. The second kappa shape index (κ2) is 7.05. The minimum Gasteiger partial charge on any atom is -0.333 e. The molecule has 2 saturated heterocycles. The molecule has 3 aliphatic rings. The molecule has 3 amide bonds. The lowest BCUT2D eigenvalue weighted by atomic mass is 9.81. The van der Waals surface area contributed by atoms with E-state index < -0.39 is 0 Å². The summed E-state index contributed by atoms with van der Waals surface area (Å²) in [6, 6.07) is 5.93. The van der Waals surface area contributed by atoms with Crippen molar-refractivity contribution in [2.75, 3.05) is 37.6 Å². The van der Waals surface area contributed by atoms with E-state index in [9.17, 15) is 14.4 Å². The van der Waals surface area contributed by atoms with Gasteiger partial charge in [-0.2, -0.15) is 0 Å². The maximum absolute atomic E-state index is 12.6. The van der Waals surface area contributed by atoms with Crippen molar-refractivity contribution in [1.29, 1.82) is 0 Å². The first-order valence-electron chi connectivity index (χ1n) is 9.50. The number of piperazine rings is 1. The van der Waals surface area contributed by atoms with Gasteiger partial charge in [0.15, 0.2) is 0 Å². The topological polar surface area (TPSA) is 75.1 Å². The lowest BCUT2D eigenvalue weighted by Gasteiger charge is -2.31. The van der Waals surface area contributed by atoms with E-state index >= 15 is 0 Å². The lowest BCUT2D eigenvalue weighted by Crippen LogP contribution is -2.52. The molecule has 138 valence electrons. The van der Waals surface area contributed by atoms with Crippen LogP contribution in [0, 0.1) is 11.8 Å². The molecule has 7 heteroatoms. The number of pyridine rings is 1. The highest BCUT2D eigenvalue weighted by atomic mass is 16.2. The summed E-state index contributed by atoms with van der Waals surface area (Å²) in [4.78, 5) is 46.1. The number of hydrogen-bond donors (Lipinski definition) is 0. The van der Waals surface area contributed by atoms with Gasteiger partial charge in [0.25, 0.3) is 5.82 Å². The van der Waals surface area contributed by atoms with Crippen LogP contribution < -0.4 is 9.88 Å². The van der Waals surface area contributed by atoms with E-state index in [1.54, 1.807) is 4.90 Å². The van der Waals surface area contributed by atoms with Gasteiger partial charge in [-0.1, -0.05) is 18.9 Å². The average Bonchev–Trinajstić information content (AvgIpc) is 2.94. The van der Waals surface area contributed by atoms with Crippen molar-refractivity contribution in [3.05, 3.63) is 24.4 Å². The molecule has 1 N–H and O–H groups in total. The van der Waals surface area contributed by atoms with E-state index in [1.807, 2.05) is 24.4 Å². The van der Waals surface area contributed by atoms with E-state index in [2.05, 4.69) is 9.88 Å². The highest BCUT2D eigenvalue weighted by molar-refractivity contribution is 6.07. The molecule has 0 radical (unpaired) electrons. The Balaban J connectivity index is 1.34. The third-order valence-electron chi connectivity index (χ3n) is 5.89. The Hall–Kier alpha value is -2.44. The van der Waals surface area contributed by atoms with E-state index in [-0.39, 0.29) is 36.1 Å². The van der Waals surface area contributed by atoms with Gasteiger partial charge in [-0.25, -0.2) is 4.98 Å². The fraction of sp³-hybridized carbons (Fsp3) is 0.579. The zero-order chi connectivity index (χ0) is 18.1. The number of H-pyrrole nitrogens is 1. The summed E-state index contributed by atoms with van der Waals surface area (Å²) in [5.41, 5.74) is 0. The van der Waals surface area contributed by atoms with Crippen LogP contribution in [0.4, 0.5) is 5.82 Å². The highest BCUT2D eigenvalue weighted by Crippen LogP contribution is 2.37. The van der Waals surface area contributed by atoms with Crippen LogP contribution in [0.1, 0.15) is 25.7 Å². The van der Waals surface area contributed by atoms with Gasteiger partial charge in [-0.15, -0.1) is 0 Å². The van der Waals surface area contributed by atoms with Gasteiger partial charge >= 0.3 is 0 Å². The van der Waals surface area contributed by atoms with Crippen molar-refractivity contribution in [2.45, 2.75) is 25.7 Å². The molecule has 2 atom stereocenters. The third-order valence-corrected chi connectivity index (χ3v) is 5.89. The van der Waals surface area contributed by atoms with Gasteiger partial charge < -0.3 is 4.90 Å². The first kappa shape index (κ1) is 17.0. The monoisotopic (exact) mass is 357 g/mol. The van der Waals surface area contributed by atoms with Crippen LogP contribution in [0.3, 0.4) is 0 Å². The summed E-state index contributed by atoms with van der Waals surface area (Å²) >= 11 is 0. The molecule has 7 nitrogen and oxygen atoms in total. The van der Waals surface area contributed by atoms with Crippen molar-refractivity contribution >= 4 is 23.5 Å². The number of fused-ring (bicyclic) bond motifs is 1. The number of nitrogens with zero attached hydrogens (tertiary/aromatic N) is 3. The Bertz CT molecular complexity index is 676. The average molecular weight is 357 g/mol. The van der Waals surface area contributed by atoms with Crippen molar-refractivity contribution < 1.29 is 19.4 Å². The van der Waals surface area contributed by atoms with E-state index in [0.717, 1.165) is 44.6 Å². The smallest absolute Gasteiger partial charge is 0.274 e. The molecular formula is C19H25N4O3+. The van der Waals surface area contributed by atoms with Crippen molar-refractivity contribution in [3.63, 3.8) is 0 Å². The SMILES string of the molecule is O=C(CN1C(=O)[C@@H]2CCCC[C@H]2C1=O)N1CCN(c2cccc[nH+]2)CC1. The Morgan fingerprint density at radius 3 is 2.23 bits per heavy atom. The fourth-order valence-corrected chi connectivity index (χ4v) is 4.40. The quantitative estimate of drug-likeness (QED) is 0.731. The Morgan fingerprint density at radius 1 is 1.00 bits per heavy atom. The van der Waals surface area contributed by atoms with Crippen molar-refractivity contribution in [2.24, 2.45) is 11.8 Å². The van der Waals surface area contributed by atoms with E-state index in [0.29, 0.717) is 13.1 Å². The standard InChI is InChI=1S/C19H24N4O3/c24-17(13-23-18(25)14-5-1-2-6-15(14)19(23)26)22-11-9-21(10-12-22)16-7-3-4-8-20-16/h3-4,7-8,14-15H,1-2,5-6,9-13H2/p+1/t14-,15-/m1/s1. The fourth-order valence-electron chi connectivity index (χ4n) is 4.40. The Labute approximate surface area is 153 Å². The number of aromatic nitrogens is 1. The van der Waals surface area contributed by atoms with Crippen molar-refractivity contribution in [3.8, 4) is 0 Å². The van der Waals surface area contributed by atoms with Crippen LogP contribution in [0.2, 0.25) is 0 Å². The molecule has 26 heavy (non-hydrogen) atoms. The minimum absolute atomic E-state index is 0.0951. The summed E-state index contributed by atoms with van der Waals surface area (Å²) in [6.45, 7) is 2.58. The van der Waals surface area contributed by atoms with Crippen LogP contribution in [0.25, 0.3) is 0 Å². The molecule has 2 aliphatic heterocycles. The van der Waals surface area contributed by atoms with Crippen LogP contribution in [0.5, 0.6) is 0 Å². The van der Waals surface area contributed by atoms with Crippen LogP contribution >= 0.6 is 0 Å². The molecule has 1 aliphatic carbocycles. The summed E-state index contributed by atoms with van der Waals surface area (Å²) < 4.78 is 0. The van der Waals surface area contributed by atoms with Gasteiger partial charge in [0.05, 0.1) is 31.1 Å². The molecule has 4 rings (SSSR count). The predicted molar refractivity (Wildman–Crippen MR) is 94.0 cm³/mol. The number of anilines is 1. The molecule has 1 aromatic rings. The van der Waals surface area contributed by atoms with Crippen LogP contribution in [-0.2, 0) is 14.4 Å². The van der Waals surface area contributed by atoms with Gasteiger partial charge in [-0.3, -0.25) is 24.2 Å². The number of rotatable bonds is 3. The van der Waals surface area contributed by atoms with Gasteiger partial charge in [0, 0.05) is 6.07 Å². The summed E-state index contributed by atoms with van der Waals surface area (Å²) in [7, 11) is 0.